The maximum absolute atomic E-state index is 5.35. The van der Waals surface area contributed by atoms with Crippen molar-refractivity contribution in [3.63, 3.8) is 0 Å². The van der Waals surface area contributed by atoms with Crippen molar-refractivity contribution in [2.45, 2.75) is 38.6 Å². The summed E-state index contributed by atoms with van der Waals surface area (Å²) in [6.07, 6.45) is 3.28. The summed E-state index contributed by atoms with van der Waals surface area (Å²) in [6, 6.07) is 19.0. The Kier molecular flexibility index (Phi) is 4.42. The number of ether oxygens (including phenoxy) is 1. The van der Waals surface area contributed by atoms with E-state index in [0.29, 0.717) is 0 Å². The molecule has 0 heterocycles. The third-order valence-electron chi connectivity index (χ3n) is 4.39. The van der Waals surface area contributed by atoms with Crippen molar-refractivity contribution in [3.8, 4) is 5.75 Å². The van der Waals surface area contributed by atoms with Gasteiger partial charge in [-0.25, -0.2) is 0 Å². The summed E-state index contributed by atoms with van der Waals surface area (Å²) < 4.78 is 5.35. The summed E-state index contributed by atoms with van der Waals surface area (Å²) >= 11 is 0. The third-order valence-corrected chi connectivity index (χ3v) is 4.39. The second kappa shape index (κ2) is 6.49. The van der Waals surface area contributed by atoms with E-state index in [2.05, 4.69) is 67.7 Å². The van der Waals surface area contributed by atoms with Gasteiger partial charge in [-0.1, -0.05) is 42.5 Å². The number of benzene rings is 2. The molecule has 0 spiro atoms. The van der Waals surface area contributed by atoms with Crippen LogP contribution in [0.15, 0.2) is 60.3 Å². The fraction of sp³-hybridized carbons (Fsp3) is 0.333. The molecule has 2 nitrogen and oxygen atoms in total. The average Bonchev–Trinajstić information content (AvgIpc) is 2.52. The maximum atomic E-state index is 5.35. The lowest BCUT2D eigenvalue weighted by Gasteiger charge is -2.35. The number of nitrogens with one attached hydrogen (secondary N) is 1. The van der Waals surface area contributed by atoms with Crippen LogP contribution in [0.4, 0.5) is 0 Å². The highest BCUT2D eigenvalue weighted by Gasteiger charge is 2.25. The van der Waals surface area contributed by atoms with Crippen LogP contribution < -0.4 is 10.1 Å². The van der Waals surface area contributed by atoms with Gasteiger partial charge in [-0.05, 0) is 61.9 Å². The second-order valence-electron chi connectivity index (χ2n) is 6.86. The van der Waals surface area contributed by atoms with E-state index < -0.39 is 0 Å². The van der Waals surface area contributed by atoms with E-state index >= 15 is 0 Å². The molecule has 0 unspecified atom stereocenters. The highest BCUT2D eigenvalue weighted by molar-refractivity contribution is 5.74. The van der Waals surface area contributed by atoms with E-state index in [0.717, 1.165) is 25.0 Å². The summed E-state index contributed by atoms with van der Waals surface area (Å²) in [5, 5.41) is 3.77. The summed E-state index contributed by atoms with van der Waals surface area (Å²) in [4.78, 5) is 0. The van der Waals surface area contributed by atoms with E-state index in [1.165, 1.54) is 22.4 Å². The van der Waals surface area contributed by atoms with E-state index in [9.17, 15) is 0 Å². The van der Waals surface area contributed by atoms with Gasteiger partial charge in [0.25, 0.3) is 0 Å². The molecule has 2 aromatic rings. The Morgan fingerprint density at radius 2 is 1.78 bits per heavy atom. The van der Waals surface area contributed by atoms with Crippen molar-refractivity contribution in [2.75, 3.05) is 7.11 Å². The summed E-state index contributed by atoms with van der Waals surface area (Å²) in [5.41, 5.74) is 5.48. The monoisotopic (exact) mass is 307 g/mol. The van der Waals surface area contributed by atoms with Crippen LogP contribution in [0, 0.1) is 0 Å². The zero-order valence-corrected chi connectivity index (χ0v) is 14.2. The molecule has 0 amide bonds. The normalized spacial score (nSPS) is 14.4. The Bertz CT molecular complexity index is 701. The Balaban J connectivity index is 1.76. The van der Waals surface area contributed by atoms with E-state index in [4.69, 9.17) is 4.74 Å². The van der Waals surface area contributed by atoms with Crippen molar-refractivity contribution >= 4 is 5.57 Å². The van der Waals surface area contributed by atoms with Crippen molar-refractivity contribution in [1.82, 2.24) is 5.32 Å². The number of rotatable bonds is 6. The summed E-state index contributed by atoms with van der Waals surface area (Å²) in [6.45, 7) is 4.54. The van der Waals surface area contributed by atoms with Gasteiger partial charge < -0.3 is 10.1 Å². The standard InChI is InChI=1S/C21H25NO/c1-21(2,15-16-8-5-4-6-9-16)22-20-13-12-19(20)17-10-7-11-18(14-17)23-3/h4-11,14,22H,12-13,15H2,1-3H3. The van der Waals surface area contributed by atoms with Gasteiger partial charge >= 0.3 is 0 Å². The minimum atomic E-state index is 0.0429. The van der Waals surface area contributed by atoms with E-state index in [1.54, 1.807) is 7.11 Å². The molecule has 0 radical (unpaired) electrons. The zero-order valence-electron chi connectivity index (χ0n) is 14.2. The second-order valence-corrected chi connectivity index (χ2v) is 6.86. The quantitative estimate of drug-likeness (QED) is 0.827. The van der Waals surface area contributed by atoms with Crippen molar-refractivity contribution in [1.29, 1.82) is 0 Å². The smallest absolute Gasteiger partial charge is 0.119 e. The van der Waals surface area contributed by atoms with Gasteiger partial charge in [-0.15, -0.1) is 0 Å². The molecule has 2 heteroatoms. The maximum Gasteiger partial charge on any atom is 0.119 e. The molecule has 0 fully saturated rings. The molecule has 120 valence electrons. The highest BCUT2D eigenvalue weighted by Crippen LogP contribution is 2.37. The molecule has 0 aliphatic heterocycles. The molecule has 3 rings (SSSR count). The minimum absolute atomic E-state index is 0.0429. The molecule has 0 bridgehead atoms. The first-order valence-electron chi connectivity index (χ1n) is 8.26. The molecule has 1 aliphatic rings. The number of methoxy groups -OCH3 is 1. The van der Waals surface area contributed by atoms with Crippen LogP contribution >= 0.6 is 0 Å². The Morgan fingerprint density at radius 3 is 2.43 bits per heavy atom. The van der Waals surface area contributed by atoms with Crippen LogP contribution in [0.25, 0.3) is 5.57 Å². The Labute approximate surface area is 139 Å². The Morgan fingerprint density at radius 1 is 1.00 bits per heavy atom. The van der Waals surface area contributed by atoms with Crippen molar-refractivity contribution in [3.05, 3.63) is 71.4 Å². The predicted molar refractivity (Wildman–Crippen MR) is 96.5 cm³/mol. The SMILES string of the molecule is COc1cccc(C2=C(NC(C)(C)Cc3ccccc3)CC2)c1. The van der Waals surface area contributed by atoms with E-state index in [1.807, 2.05) is 6.07 Å². The number of hydrogen-bond donors (Lipinski definition) is 1. The molecule has 1 aliphatic carbocycles. The first kappa shape index (κ1) is 15.7. The molecule has 1 N–H and O–H groups in total. The molecule has 2 aromatic carbocycles. The average molecular weight is 307 g/mol. The first-order valence-corrected chi connectivity index (χ1v) is 8.26. The van der Waals surface area contributed by atoms with Gasteiger partial charge in [0.15, 0.2) is 0 Å². The fourth-order valence-corrected chi connectivity index (χ4v) is 3.20. The van der Waals surface area contributed by atoms with Crippen LogP contribution in [-0.4, -0.2) is 12.6 Å². The fourth-order valence-electron chi connectivity index (χ4n) is 3.20. The molecule has 0 saturated carbocycles. The van der Waals surface area contributed by atoms with Crippen LogP contribution in [0.5, 0.6) is 5.75 Å². The lowest BCUT2D eigenvalue weighted by atomic mass is 9.85. The molecule has 23 heavy (non-hydrogen) atoms. The predicted octanol–water partition coefficient (Wildman–Crippen LogP) is 4.81. The van der Waals surface area contributed by atoms with Crippen LogP contribution in [0.3, 0.4) is 0 Å². The van der Waals surface area contributed by atoms with Gasteiger partial charge in [-0.2, -0.15) is 0 Å². The van der Waals surface area contributed by atoms with Crippen LogP contribution in [-0.2, 0) is 6.42 Å². The van der Waals surface area contributed by atoms with Gasteiger partial charge in [-0.3, -0.25) is 0 Å². The number of allylic oxidation sites excluding steroid dienone is 2. The van der Waals surface area contributed by atoms with Crippen molar-refractivity contribution in [2.24, 2.45) is 0 Å². The highest BCUT2D eigenvalue weighted by atomic mass is 16.5. The van der Waals surface area contributed by atoms with Gasteiger partial charge in [0.1, 0.15) is 5.75 Å². The lowest BCUT2D eigenvalue weighted by molar-refractivity contribution is 0.411. The summed E-state index contributed by atoms with van der Waals surface area (Å²) in [5.74, 6) is 0.921. The first-order chi connectivity index (χ1) is 11.1. The third kappa shape index (κ3) is 3.76. The largest absolute Gasteiger partial charge is 0.497 e. The van der Waals surface area contributed by atoms with Gasteiger partial charge in [0.2, 0.25) is 0 Å². The van der Waals surface area contributed by atoms with E-state index in [-0.39, 0.29) is 5.54 Å². The Hall–Kier alpha value is -2.22. The lowest BCUT2D eigenvalue weighted by Crippen LogP contribution is -2.42. The summed E-state index contributed by atoms with van der Waals surface area (Å²) in [7, 11) is 1.72. The topological polar surface area (TPSA) is 21.3 Å². The van der Waals surface area contributed by atoms with Crippen LogP contribution in [0.2, 0.25) is 0 Å². The number of hydrogen-bond acceptors (Lipinski definition) is 2. The van der Waals surface area contributed by atoms with Crippen molar-refractivity contribution < 1.29 is 4.74 Å². The molecule has 0 aromatic heterocycles. The molecular formula is C21H25NO. The molecule has 0 atom stereocenters. The molecular weight excluding hydrogens is 282 g/mol. The van der Waals surface area contributed by atoms with Crippen LogP contribution in [0.1, 0.15) is 37.8 Å². The van der Waals surface area contributed by atoms with Gasteiger partial charge in [0, 0.05) is 11.2 Å². The minimum Gasteiger partial charge on any atom is -0.497 e. The van der Waals surface area contributed by atoms with Gasteiger partial charge in [0.05, 0.1) is 7.11 Å². The molecule has 0 saturated heterocycles. The zero-order chi connectivity index (χ0) is 16.3.